The Morgan fingerprint density at radius 3 is 2.26 bits per heavy atom. The number of rotatable bonds is 7. The summed E-state index contributed by atoms with van der Waals surface area (Å²) in [5.41, 5.74) is 4.52. The predicted molar refractivity (Wildman–Crippen MR) is 133 cm³/mol. The second kappa shape index (κ2) is 10.9. The highest BCUT2D eigenvalue weighted by molar-refractivity contribution is 5.89. The summed E-state index contributed by atoms with van der Waals surface area (Å²) in [7, 11) is 0. The molecule has 1 heterocycles. The van der Waals surface area contributed by atoms with Crippen LogP contribution >= 0.6 is 0 Å². The van der Waals surface area contributed by atoms with E-state index < -0.39 is 24.1 Å². The SMILES string of the molecule is CCC(C)C(NC(=O)OCC1c2ccccc2-c2ccccc21)C(=O)N1CCCCCC1C(=O)O. The molecule has 2 N–H and O–H groups in total. The summed E-state index contributed by atoms with van der Waals surface area (Å²) in [6, 6.07) is 14.5. The fourth-order valence-electron chi connectivity index (χ4n) is 5.26. The monoisotopic (exact) mass is 478 g/mol. The van der Waals surface area contributed by atoms with E-state index in [0.717, 1.165) is 41.5 Å². The largest absolute Gasteiger partial charge is 0.480 e. The lowest BCUT2D eigenvalue weighted by atomic mass is 9.97. The number of nitrogens with zero attached hydrogens (tertiary/aromatic N) is 1. The number of aliphatic carboxylic acids is 1. The Labute approximate surface area is 206 Å². The van der Waals surface area contributed by atoms with Crippen molar-refractivity contribution in [1.29, 1.82) is 0 Å². The van der Waals surface area contributed by atoms with E-state index in [-0.39, 0.29) is 24.3 Å². The first-order valence-corrected chi connectivity index (χ1v) is 12.6. The number of carboxylic acids is 1. The van der Waals surface area contributed by atoms with Crippen LogP contribution in [0.2, 0.25) is 0 Å². The van der Waals surface area contributed by atoms with Crippen LogP contribution in [0, 0.1) is 5.92 Å². The highest BCUT2D eigenvalue weighted by atomic mass is 16.5. The predicted octanol–water partition coefficient (Wildman–Crippen LogP) is 4.80. The van der Waals surface area contributed by atoms with Gasteiger partial charge in [0.2, 0.25) is 5.91 Å². The summed E-state index contributed by atoms with van der Waals surface area (Å²) < 4.78 is 5.66. The number of alkyl carbamates (subject to hydrolysis) is 1. The zero-order valence-electron chi connectivity index (χ0n) is 20.4. The summed E-state index contributed by atoms with van der Waals surface area (Å²) in [5, 5.41) is 12.5. The third-order valence-electron chi connectivity index (χ3n) is 7.42. The first-order valence-electron chi connectivity index (χ1n) is 12.6. The van der Waals surface area contributed by atoms with Crippen LogP contribution < -0.4 is 5.32 Å². The summed E-state index contributed by atoms with van der Waals surface area (Å²) in [4.78, 5) is 39.7. The van der Waals surface area contributed by atoms with E-state index in [1.54, 1.807) is 0 Å². The van der Waals surface area contributed by atoms with Crippen molar-refractivity contribution >= 4 is 18.0 Å². The molecule has 7 nitrogen and oxygen atoms in total. The molecule has 1 aliphatic carbocycles. The van der Waals surface area contributed by atoms with Gasteiger partial charge in [0.25, 0.3) is 0 Å². The van der Waals surface area contributed by atoms with E-state index in [1.807, 2.05) is 38.1 Å². The van der Waals surface area contributed by atoms with Gasteiger partial charge in [-0.2, -0.15) is 0 Å². The number of fused-ring (bicyclic) bond motifs is 3. The van der Waals surface area contributed by atoms with Gasteiger partial charge in [0, 0.05) is 12.5 Å². The molecule has 0 spiro atoms. The molecule has 0 bridgehead atoms. The van der Waals surface area contributed by atoms with Crippen molar-refractivity contribution in [1.82, 2.24) is 10.2 Å². The standard InChI is InChI=1S/C28H34N2O5/c1-3-18(2)25(26(31)30-16-10-4-5-15-24(30)27(32)33)29-28(34)35-17-23-21-13-8-6-11-19(21)20-12-7-9-14-22(20)23/h6-9,11-14,18,23-25H,3-5,10,15-17H2,1-2H3,(H,29,34)(H,32,33). The van der Waals surface area contributed by atoms with Crippen molar-refractivity contribution in [3.63, 3.8) is 0 Å². The van der Waals surface area contributed by atoms with Crippen molar-refractivity contribution in [3.8, 4) is 11.1 Å². The van der Waals surface area contributed by atoms with E-state index in [4.69, 9.17) is 4.74 Å². The van der Waals surface area contributed by atoms with Crippen LogP contribution in [0.4, 0.5) is 4.79 Å². The van der Waals surface area contributed by atoms with Crippen molar-refractivity contribution in [3.05, 3.63) is 59.7 Å². The maximum Gasteiger partial charge on any atom is 0.407 e. The molecule has 2 amide bonds. The number of likely N-dealkylation sites (tertiary alicyclic amines) is 1. The minimum atomic E-state index is -0.996. The molecule has 0 aromatic heterocycles. The fourth-order valence-corrected chi connectivity index (χ4v) is 5.26. The van der Waals surface area contributed by atoms with Gasteiger partial charge in [-0.25, -0.2) is 9.59 Å². The van der Waals surface area contributed by atoms with Crippen LogP contribution in [0.1, 0.15) is 63.0 Å². The Bertz CT molecular complexity index is 1040. The molecular formula is C28H34N2O5. The van der Waals surface area contributed by atoms with Crippen LogP contribution in [-0.4, -0.2) is 53.2 Å². The second-order valence-electron chi connectivity index (χ2n) is 9.57. The zero-order chi connectivity index (χ0) is 24.9. The van der Waals surface area contributed by atoms with Crippen LogP contribution in [0.25, 0.3) is 11.1 Å². The number of carbonyl (C=O) groups is 3. The molecule has 4 rings (SSSR count). The van der Waals surface area contributed by atoms with E-state index in [2.05, 4.69) is 29.6 Å². The number of nitrogens with one attached hydrogen (secondary N) is 1. The molecule has 3 atom stereocenters. The van der Waals surface area contributed by atoms with E-state index in [1.165, 1.54) is 4.90 Å². The topological polar surface area (TPSA) is 95.9 Å². The molecule has 186 valence electrons. The number of benzene rings is 2. The molecule has 2 aliphatic rings. The molecule has 0 saturated carbocycles. The van der Waals surface area contributed by atoms with Gasteiger partial charge in [0.05, 0.1) is 0 Å². The summed E-state index contributed by atoms with van der Waals surface area (Å²) >= 11 is 0. The quantitative estimate of drug-likeness (QED) is 0.596. The highest BCUT2D eigenvalue weighted by Gasteiger charge is 2.37. The Hall–Kier alpha value is -3.35. The first-order chi connectivity index (χ1) is 16.9. The normalized spacial score (nSPS) is 19.1. The lowest BCUT2D eigenvalue weighted by molar-refractivity contribution is -0.151. The van der Waals surface area contributed by atoms with Gasteiger partial charge in [-0.15, -0.1) is 0 Å². The summed E-state index contributed by atoms with van der Waals surface area (Å²) in [6.07, 6.45) is 2.85. The van der Waals surface area contributed by atoms with Gasteiger partial charge in [-0.1, -0.05) is 81.6 Å². The van der Waals surface area contributed by atoms with Gasteiger partial charge >= 0.3 is 12.1 Å². The van der Waals surface area contributed by atoms with Gasteiger partial charge in [-0.05, 0) is 41.0 Å². The van der Waals surface area contributed by atoms with E-state index in [9.17, 15) is 19.5 Å². The van der Waals surface area contributed by atoms with Crippen molar-refractivity contribution in [2.24, 2.45) is 5.92 Å². The molecule has 35 heavy (non-hydrogen) atoms. The molecular weight excluding hydrogens is 444 g/mol. The maximum atomic E-state index is 13.5. The maximum absolute atomic E-state index is 13.5. The molecule has 2 aromatic carbocycles. The molecule has 1 saturated heterocycles. The lowest BCUT2D eigenvalue weighted by Gasteiger charge is -2.33. The summed E-state index contributed by atoms with van der Waals surface area (Å²) in [5.74, 6) is -1.58. The lowest BCUT2D eigenvalue weighted by Crippen LogP contribution is -2.56. The minimum absolute atomic E-state index is 0.0760. The molecule has 1 aliphatic heterocycles. The highest BCUT2D eigenvalue weighted by Crippen LogP contribution is 2.44. The number of hydrogen-bond acceptors (Lipinski definition) is 4. The zero-order valence-corrected chi connectivity index (χ0v) is 20.4. The average Bonchev–Trinajstić information content (AvgIpc) is 3.00. The van der Waals surface area contributed by atoms with Crippen molar-refractivity contribution < 1.29 is 24.2 Å². The van der Waals surface area contributed by atoms with Gasteiger partial charge in [0.15, 0.2) is 0 Å². The second-order valence-corrected chi connectivity index (χ2v) is 9.57. The average molecular weight is 479 g/mol. The molecule has 0 radical (unpaired) electrons. The molecule has 7 heteroatoms. The minimum Gasteiger partial charge on any atom is -0.480 e. The van der Waals surface area contributed by atoms with Crippen LogP contribution in [0.5, 0.6) is 0 Å². The number of carboxylic acid groups (broad SMARTS) is 1. The van der Waals surface area contributed by atoms with Crippen molar-refractivity contribution in [2.45, 2.75) is 64.0 Å². The Morgan fingerprint density at radius 2 is 1.66 bits per heavy atom. The number of amides is 2. The Morgan fingerprint density at radius 1 is 1.03 bits per heavy atom. The fraction of sp³-hybridized carbons (Fsp3) is 0.464. The van der Waals surface area contributed by atoms with Gasteiger partial charge in [0.1, 0.15) is 18.7 Å². The first kappa shape index (κ1) is 24.8. The van der Waals surface area contributed by atoms with E-state index in [0.29, 0.717) is 19.4 Å². The number of carbonyl (C=O) groups excluding carboxylic acids is 2. The molecule has 1 fully saturated rings. The Kier molecular flexibility index (Phi) is 7.73. The van der Waals surface area contributed by atoms with Gasteiger partial charge < -0.3 is 20.1 Å². The summed E-state index contributed by atoms with van der Waals surface area (Å²) in [6.45, 7) is 4.37. The van der Waals surface area contributed by atoms with Gasteiger partial charge in [-0.3, -0.25) is 4.79 Å². The smallest absolute Gasteiger partial charge is 0.407 e. The number of ether oxygens (including phenoxy) is 1. The van der Waals surface area contributed by atoms with Crippen LogP contribution in [0.15, 0.2) is 48.5 Å². The van der Waals surface area contributed by atoms with Crippen molar-refractivity contribution in [2.75, 3.05) is 13.2 Å². The molecule has 2 aromatic rings. The Balaban J connectivity index is 1.47. The van der Waals surface area contributed by atoms with E-state index >= 15 is 0 Å². The van der Waals surface area contributed by atoms with Crippen LogP contribution in [-0.2, 0) is 14.3 Å². The third-order valence-corrected chi connectivity index (χ3v) is 7.42. The van der Waals surface area contributed by atoms with Crippen LogP contribution in [0.3, 0.4) is 0 Å². The third kappa shape index (κ3) is 5.19. The number of hydrogen-bond donors (Lipinski definition) is 2. The molecule has 3 unspecified atom stereocenters.